The SMILES string of the molecule is CCN(CC)CCN(C(=O)C1=CC=CN2CCS(=O)(=O)N=C12)c1cccc(Br)c1. The first-order chi connectivity index (χ1) is 13.8. The number of allylic oxidation sites excluding steroid dienone is 2. The van der Waals surface area contributed by atoms with E-state index in [0.29, 0.717) is 19.6 Å². The molecule has 2 aliphatic rings. The van der Waals surface area contributed by atoms with Gasteiger partial charge in [0.1, 0.15) is 0 Å². The third-order valence-corrected chi connectivity index (χ3v) is 6.63. The molecule has 0 radical (unpaired) electrons. The van der Waals surface area contributed by atoms with Crippen LogP contribution in [0.25, 0.3) is 0 Å². The van der Waals surface area contributed by atoms with Crippen LogP contribution in [0.1, 0.15) is 13.8 Å². The number of sulfonamides is 1. The summed E-state index contributed by atoms with van der Waals surface area (Å²) >= 11 is 3.47. The molecular formula is C20H25BrN4O3S. The number of nitrogens with zero attached hydrogens (tertiary/aromatic N) is 4. The number of carbonyl (C=O) groups excluding carboxylic acids is 1. The van der Waals surface area contributed by atoms with E-state index in [2.05, 4.69) is 39.1 Å². The van der Waals surface area contributed by atoms with Crippen LogP contribution in [-0.2, 0) is 14.8 Å². The molecule has 2 aliphatic heterocycles. The van der Waals surface area contributed by atoms with Gasteiger partial charge >= 0.3 is 0 Å². The van der Waals surface area contributed by atoms with Crippen LogP contribution in [0.15, 0.2) is 57.1 Å². The second-order valence-electron chi connectivity index (χ2n) is 6.78. The molecule has 0 saturated heterocycles. The maximum absolute atomic E-state index is 13.6. The Kier molecular flexibility index (Phi) is 6.92. The van der Waals surface area contributed by atoms with Gasteiger partial charge in [0, 0.05) is 36.0 Å². The highest BCUT2D eigenvalue weighted by Gasteiger charge is 2.32. The fourth-order valence-corrected chi connectivity index (χ4v) is 4.67. The molecule has 7 nitrogen and oxygen atoms in total. The summed E-state index contributed by atoms with van der Waals surface area (Å²) in [6, 6.07) is 7.54. The zero-order valence-corrected chi connectivity index (χ0v) is 19.0. The predicted molar refractivity (Wildman–Crippen MR) is 119 cm³/mol. The predicted octanol–water partition coefficient (Wildman–Crippen LogP) is 2.62. The van der Waals surface area contributed by atoms with Crippen LogP contribution in [-0.4, -0.2) is 68.4 Å². The van der Waals surface area contributed by atoms with Crippen molar-refractivity contribution in [2.75, 3.05) is 43.4 Å². The third kappa shape index (κ3) is 5.15. The molecule has 1 aromatic rings. The van der Waals surface area contributed by atoms with E-state index in [-0.39, 0.29) is 23.1 Å². The van der Waals surface area contributed by atoms with E-state index in [0.717, 1.165) is 23.2 Å². The molecule has 1 amide bonds. The minimum atomic E-state index is -3.57. The van der Waals surface area contributed by atoms with Crippen molar-refractivity contribution in [2.24, 2.45) is 4.40 Å². The van der Waals surface area contributed by atoms with E-state index in [1.165, 1.54) is 0 Å². The summed E-state index contributed by atoms with van der Waals surface area (Å²) in [6.07, 6.45) is 5.15. The molecule has 9 heteroatoms. The molecule has 156 valence electrons. The molecule has 0 atom stereocenters. The second kappa shape index (κ2) is 9.23. The standard InChI is InChI=1S/C20H25BrN4O3S/c1-3-23(4-2)11-12-25(17-8-5-7-16(21)15-17)20(26)18-9-6-10-24-13-14-29(27,28)22-19(18)24/h5-10,15H,3-4,11-14H2,1-2H3. The minimum Gasteiger partial charge on any atom is -0.331 e. The van der Waals surface area contributed by atoms with Crippen LogP contribution in [0.4, 0.5) is 5.69 Å². The van der Waals surface area contributed by atoms with Gasteiger partial charge in [0.05, 0.1) is 11.3 Å². The normalized spacial score (nSPS) is 17.6. The number of fused-ring (bicyclic) bond motifs is 1. The second-order valence-corrected chi connectivity index (χ2v) is 9.45. The van der Waals surface area contributed by atoms with Gasteiger partial charge < -0.3 is 14.7 Å². The smallest absolute Gasteiger partial charge is 0.262 e. The number of anilines is 1. The average Bonchev–Trinajstić information content (AvgIpc) is 2.70. The molecule has 2 heterocycles. The molecule has 0 N–H and O–H groups in total. The van der Waals surface area contributed by atoms with E-state index < -0.39 is 10.0 Å². The highest BCUT2D eigenvalue weighted by atomic mass is 79.9. The topological polar surface area (TPSA) is 73.3 Å². The lowest BCUT2D eigenvalue weighted by Gasteiger charge is -2.32. The first-order valence-electron chi connectivity index (χ1n) is 9.62. The van der Waals surface area contributed by atoms with Gasteiger partial charge in [-0.3, -0.25) is 4.79 Å². The summed E-state index contributed by atoms with van der Waals surface area (Å²) in [5.74, 6) is -0.119. The largest absolute Gasteiger partial charge is 0.331 e. The van der Waals surface area contributed by atoms with Crippen LogP contribution >= 0.6 is 15.9 Å². The Balaban J connectivity index is 1.96. The summed E-state index contributed by atoms with van der Waals surface area (Å²) in [4.78, 5) is 19.2. The molecule has 0 bridgehead atoms. The molecule has 1 aromatic carbocycles. The summed E-state index contributed by atoms with van der Waals surface area (Å²) in [6.45, 7) is 7.44. The maximum Gasteiger partial charge on any atom is 0.262 e. The van der Waals surface area contributed by atoms with Crippen molar-refractivity contribution in [3.05, 3.63) is 52.7 Å². The van der Waals surface area contributed by atoms with Gasteiger partial charge in [-0.25, -0.2) is 8.42 Å². The highest BCUT2D eigenvalue weighted by molar-refractivity contribution is 9.10. The number of benzene rings is 1. The Labute approximate surface area is 180 Å². The molecular weight excluding hydrogens is 456 g/mol. The number of halogens is 1. The van der Waals surface area contributed by atoms with Crippen molar-refractivity contribution in [1.82, 2.24) is 9.80 Å². The summed E-state index contributed by atoms with van der Waals surface area (Å²) in [5, 5.41) is 0. The molecule has 0 aromatic heterocycles. The van der Waals surface area contributed by atoms with Crippen molar-refractivity contribution >= 4 is 43.4 Å². The number of likely N-dealkylation sites (N-methyl/N-ethyl adjacent to an activating group) is 1. The Bertz CT molecular complexity index is 968. The lowest BCUT2D eigenvalue weighted by Crippen LogP contribution is -2.45. The van der Waals surface area contributed by atoms with Crippen LogP contribution in [0, 0.1) is 0 Å². The average molecular weight is 481 g/mol. The first kappa shape index (κ1) is 21.7. The van der Waals surface area contributed by atoms with Crippen LogP contribution < -0.4 is 4.90 Å². The molecule has 0 saturated carbocycles. The summed E-state index contributed by atoms with van der Waals surface area (Å²) in [5.41, 5.74) is 1.04. The van der Waals surface area contributed by atoms with Gasteiger partial charge in [-0.1, -0.05) is 35.8 Å². The van der Waals surface area contributed by atoms with Crippen LogP contribution in [0.2, 0.25) is 0 Å². The molecule has 29 heavy (non-hydrogen) atoms. The molecule has 0 aliphatic carbocycles. The quantitative estimate of drug-likeness (QED) is 0.599. The Morgan fingerprint density at radius 1 is 1.24 bits per heavy atom. The van der Waals surface area contributed by atoms with Crippen molar-refractivity contribution in [1.29, 1.82) is 0 Å². The van der Waals surface area contributed by atoms with Crippen LogP contribution in [0.3, 0.4) is 0 Å². The fourth-order valence-electron chi connectivity index (χ4n) is 3.30. The summed E-state index contributed by atoms with van der Waals surface area (Å²) < 4.78 is 28.9. The zero-order chi connectivity index (χ0) is 21.0. The molecule has 0 fully saturated rings. The minimum absolute atomic E-state index is 0.0559. The highest BCUT2D eigenvalue weighted by Crippen LogP contribution is 2.25. The number of carbonyl (C=O) groups is 1. The van der Waals surface area contributed by atoms with Gasteiger partial charge in [0.25, 0.3) is 15.9 Å². The van der Waals surface area contributed by atoms with Crippen molar-refractivity contribution in [3.8, 4) is 0 Å². The van der Waals surface area contributed by atoms with Gasteiger partial charge in [-0.2, -0.15) is 0 Å². The van der Waals surface area contributed by atoms with E-state index in [9.17, 15) is 13.2 Å². The van der Waals surface area contributed by atoms with E-state index in [4.69, 9.17) is 0 Å². The number of rotatable bonds is 7. The van der Waals surface area contributed by atoms with Crippen LogP contribution in [0.5, 0.6) is 0 Å². The Morgan fingerprint density at radius 2 is 2.00 bits per heavy atom. The Hall–Kier alpha value is -1.97. The Morgan fingerprint density at radius 3 is 2.69 bits per heavy atom. The van der Waals surface area contributed by atoms with Crippen molar-refractivity contribution < 1.29 is 13.2 Å². The van der Waals surface area contributed by atoms with Gasteiger partial charge in [-0.05, 0) is 43.4 Å². The van der Waals surface area contributed by atoms with Gasteiger partial charge in [0.15, 0.2) is 5.84 Å². The van der Waals surface area contributed by atoms with Gasteiger partial charge in [0.2, 0.25) is 0 Å². The number of amides is 1. The molecule has 3 rings (SSSR count). The van der Waals surface area contributed by atoms with E-state index >= 15 is 0 Å². The van der Waals surface area contributed by atoms with E-state index in [1.54, 1.807) is 28.2 Å². The molecule has 0 spiro atoms. The lowest BCUT2D eigenvalue weighted by molar-refractivity contribution is -0.114. The third-order valence-electron chi connectivity index (χ3n) is 4.99. The number of hydrogen-bond acceptors (Lipinski definition) is 5. The number of amidine groups is 1. The monoisotopic (exact) mass is 480 g/mol. The molecule has 0 unspecified atom stereocenters. The number of hydrogen-bond donors (Lipinski definition) is 0. The fraction of sp³-hybridized carbons (Fsp3) is 0.400. The van der Waals surface area contributed by atoms with Gasteiger partial charge in [-0.15, -0.1) is 4.40 Å². The van der Waals surface area contributed by atoms with Crippen molar-refractivity contribution in [3.63, 3.8) is 0 Å². The first-order valence-corrected chi connectivity index (χ1v) is 12.0. The summed E-state index contributed by atoms with van der Waals surface area (Å²) in [7, 11) is -3.57. The maximum atomic E-state index is 13.6. The lowest BCUT2D eigenvalue weighted by atomic mass is 10.1. The van der Waals surface area contributed by atoms with Crippen molar-refractivity contribution in [2.45, 2.75) is 13.8 Å². The zero-order valence-electron chi connectivity index (χ0n) is 16.6. The van der Waals surface area contributed by atoms with E-state index in [1.807, 2.05) is 24.3 Å².